The number of hydrogen-bond donors (Lipinski definition) is 1. The van der Waals surface area contributed by atoms with E-state index in [1.165, 1.54) is 0 Å². The van der Waals surface area contributed by atoms with Gasteiger partial charge in [0.05, 0.1) is 0 Å². The van der Waals surface area contributed by atoms with Crippen LogP contribution in [0.15, 0.2) is 4.36 Å². The molecule has 10 heavy (non-hydrogen) atoms. The molecule has 1 N–H and O–H groups in total. The van der Waals surface area contributed by atoms with E-state index in [1.54, 1.807) is 0 Å². The van der Waals surface area contributed by atoms with Crippen LogP contribution in [0.25, 0.3) is 0 Å². The van der Waals surface area contributed by atoms with Gasteiger partial charge in [0.25, 0.3) is 0 Å². The number of nitrogens with zero attached hydrogens (tertiary/aromatic N) is 1. The largest absolute Gasteiger partial charge is 0.480 e. The van der Waals surface area contributed by atoms with Crippen molar-refractivity contribution in [1.82, 2.24) is 0 Å². The van der Waals surface area contributed by atoms with E-state index in [2.05, 4.69) is 16.8 Å². The fourth-order valence-corrected chi connectivity index (χ4v) is 0.914. The van der Waals surface area contributed by atoms with Gasteiger partial charge in [0, 0.05) is 12.4 Å². The fraction of sp³-hybridized carbons (Fsp3) is 0.833. The summed E-state index contributed by atoms with van der Waals surface area (Å²) in [6, 6.07) is -0.708. The van der Waals surface area contributed by atoms with Crippen molar-refractivity contribution in [2.75, 3.05) is 0 Å². The summed E-state index contributed by atoms with van der Waals surface area (Å²) in [5.74, 6) is -0.889. The summed E-state index contributed by atoms with van der Waals surface area (Å²) in [6.45, 7) is 3.75. The maximum absolute atomic E-state index is 10.4. The van der Waals surface area contributed by atoms with Crippen molar-refractivity contribution in [3.05, 3.63) is 0 Å². The molecule has 0 rings (SSSR count). The standard InChI is InChI=1S/C6H11NO2S/c1-3-4(2)5(7-10)6(8)9/h4-5H,3H2,1-2H3,(H,8,9)/t4-,5-/m0/s1. The fourth-order valence-electron chi connectivity index (χ4n) is 0.616. The second-order valence-electron chi connectivity index (χ2n) is 2.27. The molecule has 0 aliphatic rings. The molecule has 0 saturated carbocycles. The minimum atomic E-state index is -0.927. The first-order valence-corrected chi connectivity index (χ1v) is 3.55. The van der Waals surface area contributed by atoms with Crippen molar-refractivity contribution >= 4 is 18.4 Å². The summed E-state index contributed by atoms with van der Waals surface area (Å²) in [5.41, 5.74) is 0. The topological polar surface area (TPSA) is 49.7 Å². The van der Waals surface area contributed by atoms with E-state index in [-0.39, 0.29) is 5.92 Å². The highest BCUT2D eigenvalue weighted by Crippen LogP contribution is 2.10. The third kappa shape index (κ3) is 2.39. The Morgan fingerprint density at radius 3 is 2.40 bits per heavy atom. The second-order valence-corrected chi connectivity index (χ2v) is 2.48. The minimum Gasteiger partial charge on any atom is -0.480 e. The van der Waals surface area contributed by atoms with Crippen LogP contribution in [-0.2, 0) is 17.2 Å². The summed E-state index contributed by atoms with van der Waals surface area (Å²) in [6.07, 6.45) is 0.789. The van der Waals surface area contributed by atoms with Crippen molar-refractivity contribution in [2.45, 2.75) is 26.3 Å². The van der Waals surface area contributed by atoms with Gasteiger partial charge in [-0.05, 0) is 5.92 Å². The maximum Gasteiger partial charge on any atom is 0.329 e. The van der Waals surface area contributed by atoms with E-state index in [9.17, 15) is 4.79 Å². The lowest BCUT2D eigenvalue weighted by atomic mass is 10.0. The molecule has 0 aromatic rings. The Bertz CT molecular complexity index is 138. The van der Waals surface area contributed by atoms with Crippen LogP contribution >= 0.6 is 0 Å². The molecule has 0 heterocycles. The average Bonchev–Trinajstić information content (AvgIpc) is 1.88. The van der Waals surface area contributed by atoms with E-state index < -0.39 is 12.0 Å². The molecule has 0 aliphatic carbocycles. The van der Waals surface area contributed by atoms with Gasteiger partial charge in [-0.3, -0.25) is 0 Å². The van der Waals surface area contributed by atoms with Gasteiger partial charge in [0.15, 0.2) is 6.04 Å². The third-order valence-electron chi connectivity index (χ3n) is 1.55. The normalized spacial score (nSPS) is 15.8. The van der Waals surface area contributed by atoms with Crippen LogP contribution in [0.5, 0.6) is 0 Å². The molecular weight excluding hydrogens is 150 g/mol. The monoisotopic (exact) mass is 161 g/mol. The molecule has 4 heteroatoms. The quantitative estimate of drug-likeness (QED) is 0.674. The van der Waals surface area contributed by atoms with Gasteiger partial charge < -0.3 is 5.11 Å². The van der Waals surface area contributed by atoms with Crippen LogP contribution < -0.4 is 0 Å². The Morgan fingerprint density at radius 2 is 2.30 bits per heavy atom. The number of aliphatic carboxylic acids is 1. The van der Waals surface area contributed by atoms with E-state index in [4.69, 9.17) is 5.11 Å². The molecule has 0 unspecified atom stereocenters. The van der Waals surface area contributed by atoms with Crippen molar-refractivity contribution in [3.63, 3.8) is 0 Å². The molecule has 0 aromatic carbocycles. The lowest BCUT2D eigenvalue weighted by molar-refractivity contribution is -0.139. The van der Waals surface area contributed by atoms with E-state index >= 15 is 0 Å². The summed E-state index contributed by atoms with van der Waals surface area (Å²) in [4.78, 5) is 10.4. The lowest BCUT2D eigenvalue weighted by Crippen LogP contribution is -2.24. The third-order valence-corrected chi connectivity index (χ3v) is 1.78. The SMILES string of the molecule is CC[C@H](C)[C@H](N=S)C(=O)O. The van der Waals surface area contributed by atoms with Crippen LogP contribution in [0.1, 0.15) is 20.3 Å². The summed E-state index contributed by atoms with van der Waals surface area (Å²) < 4.78 is 3.34. The smallest absolute Gasteiger partial charge is 0.329 e. The maximum atomic E-state index is 10.4. The first-order chi connectivity index (χ1) is 4.63. The molecule has 0 fully saturated rings. The Labute approximate surface area is 65.6 Å². The molecule has 0 amide bonds. The highest BCUT2D eigenvalue weighted by Gasteiger charge is 2.21. The predicted molar refractivity (Wildman–Crippen MR) is 40.7 cm³/mol. The minimum absolute atomic E-state index is 0.0370. The van der Waals surface area contributed by atoms with Gasteiger partial charge in [-0.25, -0.2) is 9.16 Å². The highest BCUT2D eigenvalue weighted by atomic mass is 32.1. The van der Waals surface area contributed by atoms with E-state index in [0.29, 0.717) is 0 Å². The number of rotatable bonds is 4. The molecule has 0 radical (unpaired) electrons. The lowest BCUT2D eigenvalue weighted by Gasteiger charge is -2.11. The second kappa shape index (κ2) is 4.33. The van der Waals surface area contributed by atoms with Gasteiger partial charge >= 0.3 is 5.97 Å². The van der Waals surface area contributed by atoms with Gasteiger partial charge in [0.1, 0.15) is 0 Å². The Kier molecular flexibility index (Phi) is 4.11. The molecule has 3 nitrogen and oxygen atoms in total. The predicted octanol–water partition coefficient (Wildman–Crippen LogP) is 1.22. The van der Waals surface area contributed by atoms with Crippen molar-refractivity contribution in [1.29, 1.82) is 0 Å². The van der Waals surface area contributed by atoms with Gasteiger partial charge in [-0.2, -0.15) is 0 Å². The number of carboxylic acids is 1. The zero-order valence-corrected chi connectivity index (χ0v) is 6.89. The zero-order chi connectivity index (χ0) is 8.15. The van der Waals surface area contributed by atoms with Crippen LogP contribution in [0.4, 0.5) is 0 Å². The Balaban J connectivity index is 4.05. The van der Waals surface area contributed by atoms with Crippen molar-refractivity contribution in [3.8, 4) is 0 Å². The van der Waals surface area contributed by atoms with Gasteiger partial charge in [-0.1, -0.05) is 20.3 Å². The molecule has 0 spiro atoms. The molecular formula is C6H11NO2S. The average molecular weight is 161 g/mol. The van der Waals surface area contributed by atoms with E-state index in [0.717, 1.165) is 6.42 Å². The number of carboxylic acid groups (broad SMARTS) is 1. The van der Waals surface area contributed by atoms with Crippen LogP contribution in [0.3, 0.4) is 0 Å². The summed E-state index contributed by atoms with van der Waals surface area (Å²) >= 11 is 4.34. The molecule has 0 aromatic heterocycles. The molecule has 0 bridgehead atoms. The van der Waals surface area contributed by atoms with Crippen LogP contribution in [-0.4, -0.2) is 17.1 Å². The van der Waals surface area contributed by atoms with Gasteiger partial charge in [-0.15, -0.1) is 0 Å². The van der Waals surface area contributed by atoms with Crippen LogP contribution in [0.2, 0.25) is 0 Å². The first-order valence-electron chi connectivity index (χ1n) is 3.18. The molecule has 0 aliphatic heterocycles. The molecule has 0 saturated heterocycles. The summed E-state index contributed by atoms with van der Waals surface area (Å²) in [5, 5.41) is 8.51. The van der Waals surface area contributed by atoms with Gasteiger partial charge in [0.2, 0.25) is 0 Å². The number of hydrogen-bond acceptors (Lipinski definition) is 3. The molecule has 58 valence electrons. The zero-order valence-electron chi connectivity index (χ0n) is 6.07. The summed E-state index contributed by atoms with van der Waals surface area (Å²) in [7, 11) is 0. The molecule has 2 atom stereocenters. The van der Waals surface area contributed by atoms with E-state index in [1.807, 2.05) is 13.8 Å². The van der Waals surface area contributed by atoms with Crippen LogP contribution in [0, 0.1) is 5.92 Å². The Morgan fingerprint density at radius 1 is 1.80 bits per heavy atom. The number of carbonyl (C=O) groups is 1. The Hall–Kier alpha value is -0.510. The van der Waals surface area contributed by atoms with Crippen molar-refractivity contribution < 1.29 is 9.90 Å². The first kappa shape index (κ1) is 9.49. The highest BCUT2D eigenvalue weighted by molar-refractivity contribution is 7.47. The van der Waals surface area contributed by atoms with Crippen molar-refractivity contribution in [2.24, 2.45) is 10.3 Å².